The van der Waals surface area contributed by atoms with Gasteiger partial charge in [0.1, 0.15) is 6.04 Å². The smallest absolute Gasteiger partial charge is 0.306 e. The first-order chi connectivity index (χ1) is 10.6. The summed E-state index contributed by atoms with van der Waals surface area (Å²) < 4.78 is 5.06. The summed E-state index contributed by atoms with van der Waals surface area (Å²) >= 11 is 0. The van der Waals surface area contributed by atoms with Crippen LogP contribution in [0.15, 0.2) is 30.3 Å². The van der Waals surface area contributed by atoms with E-state index in [2.05, 4.69) is 36.9 Å². The Morgan fingerprint density at radius 1 is 1.36 bits per heavy atom. The summed E-state index contributed by atoms with van der Waals surface area (Å²) in [6.07, 6.45) is 0.334. The largest absolute Gasteiger partial charge is 0.466 e. The van der Waals surface area contributed by atoms with Gasteiger partial charge in [-0.1, -0.05) is 44.2 Å². The van der Waals surface area contributed by atoms with Crippen molar-refractivity contribution in [2.24, 2.45) is 11.8 Å². The van der Waals surface area contributed by atoms with Crippen LogP contribution in [0.1, 0.15) is 32.8 Å². The molecule has 0 spiro atoms. The van der Waals surface area contributed by atoms with Crippen molar-refractivity contribution in [1.82, 2.24) is 4.90 Å². The van der Waals surface area contributed by atoms with Gasteiger partial charge in [0, 0.05) is 18.5 Å². The maximum absolute atomic E-state index is 11.8. The van der Waals surface area contributed by atoms with Gasteiger partial charge in [-0.3, -0.25) is 9.69 Å². The molecule has 0 unspecified atom stereocenters. The molecule has 3 atom stereocenters. The van der Waals surface area contributed by atoms with Gasteiger partial charge >= 0.3 is 5.97 Å². The lowest BCUT2D eigenvalue weighted by Crippen LogP contribution is -2.65. The molecule has 0 saturated carbocycles. The SMILES string of the molecule is CCOC(=O)C[C@@H]1[C@@H](C#N)N(Cc2ccccc2)[C@H]1C(C)C. The van der Waals surface area contributed by atoms with Crippen LogP contribution in [0, 0.1) is 23.2 Å². The van der Waals surface area contributed by atoms with E-state index in [0.717, 1.165) is 6.54 Å². The molecule has 22 heavy (non-hydrogen) atoms. The minimum absolute atomic E-state index is 0.0627. The number of hydrogen-bond donors (Lipinski definition) is 0. The Morgan fingerprint density at radius 3 is 2.59 bits per heavy atom. The van der Waals surface area contributed by atoms with Crippen LogP contribution in [0.4, 0.5) is 0 Å². The van der Waals surface area contributed by atoms with E-state index in [1.54, 1.807) is 0 Å². The summed E-state index contributed by atoms with van der Waals surface area (Å²) in [5, 5.41) is 9.50. The van der Waals surface area contributed by atoms with Crippen molar-refractivity contribution in [2.75, 3.05) is 6.61 Å². The highest BCUT2D eigenvalue weighted by atomic mass is 16.5. The fourth-order valence-corrected chi connectivity index (χ4v) is 3.45. The molecule has 0 bridgehead atoms. The molecule has 1 saturated heterocycles. The first-order valence-corrected chi connectivity index (χ1v) is 7.93. The van der Waals surface area contributed by atoms with Gasteiger partial charge in [-0.25, -0.2) is 0 Å². The summed E-state index contributed by atoms with van der Waals surface area (Å²) in [5.74, 6) is 0.262. The predicted octanol–water partition coefficient (Wildman–Crippen LogP) is 2.99. The highest BCUT2D eigenvalue weighted by molar-refractivity contribution is 5.70. The van der Waals surface area contributed by atoms with E-state index in [1.165, 1.54) is 5.56 Å². The summed E-state index contributed by atoms with van der Waals surface area (Å²) in [5.41, 5.74) is 1.20. The van der Waals surface area contributed by atoms with Gasteiger partial charge in [0.05, 0.1) is 19.1 Å². The van der Waals surface area contributed by atoms with Crippen molar-refractivity contribution in [2.45, 2.75) is 45.8 Å². The minimum atomic E-state index is -0.211. The molecule has 4 nitrogen and oxygen atoms in total. The predicted molar refractivity (Wildman–Crippen MR) is 84.8 cm³/mol. The van der Waals surface area contributed by atoms with E-state index in [9.17, 15) is 10.1 Å². The molecule has 0 N–H and O–H groups in total. The first-order valence-electron chi connectivity index (χ1n) is 7.93. The lowest BCUT2D eigenvalue weighted by molar-refractivity contribution is -0.150. The molecular formula is C18H24N2O2. The van der Waals surface area contributed by atoms with E-state index in [4.69, 9.17) is 4.74 Å². The zero-order valence-electron chi connectivity index (χ0n) is 13.5. The molecule has 0 aromatic heterocycles. The molecular weight excluding hydrogens is 276 g/mol. The Kier molecular flexibility index (Phi) is 5.57. The van der Waals surface area contributed by atoms with Crippen molar-refractivity contribution < 1.29 is 9.53 Å². The second-order valence-electron chi connectivity index (χ2n) is 6.14. The quantitative estimate of drug-likeness (QED) is 0.758. The average Bonchev–Trinajstić information content (AvgIpc) is 2.47. The van der Waals surface area contributed by atoms with Crippen molar-refractivity contribution in [3.8, 4) is 6.07 Å². The Morgan fingerprint density at radius 2 is 2.05 bits per heavy atom. The van der Waals surface area contributed by atoms with Crippen LogP contribution in [0.3, 0.4) is 0 Å². The standard InChI is InChI=1S/C18H24N2O2/c1-4-22-17(21)10-15-16(11-19)20(18(15)13(2)3)12-14-8-6-5-7-9-14/h5-9,13,15-16,18H,4,10,12H2,1-3H3/t15-,16-,18+/m1/s1. The van der Waals surface area contributed by atoms with Crippen LogP contribution in [0.25, 0.3) is 0 Å². The van der Waals surface area contributed by atoms with Crippen LogP contribution in [-0.4, -0.2) is 29.6 Å². The monoisotopic (exact) mass is 300 g/mol. The third-order valence-electron chi connectivity index (χ3n) is 4.32. The van der Waals surface area contributed by atoms with Gasteiger partial charge in [-0.05, 0) is 18.4 Å². The molecule has 4 heteroatoms. The molecule has 1 aliphatic rings. The summed E-state index contributed by atoms with van der Waals surface area (Å²) in [4.78, 5) is 14.0. The van der Waals surface area contributed by atoms with E-state index in [0.29, 0.717) is 18.9 Å². The number of nitriles is 1. The van der Waals surface area contributed by atoms with E-state index in [-0.39, 0.29) is 24.0 Å². The summed E-state index contributed by atoms with van der Waals surface area (Å²) in [7, 11) is 0. The Balaban J connectivity index is 2.10. The zero-order valence-corrected chi connectivity index (χ0v) is 13.5. The fourth-order valence-electron chi connectivity index (χ4n) is 3.45. The first kappa shape index (κ1) is 16.5. The van der Waals surface area contributed by atoms with Crippen LogP contribution >= 0.6 is 0 Å². The van der Waals surface area contributed by atoms with Gasteiger partial charge in [-0.15, -0.1) is 0 Å². The fraction of sp³-hybridized carbons (Fsp3) is 0.556. The van der Waals surface area contributed by atoms with E-state index < -0.39 is 0 Å². The number of benzene rings is 1. The van der Waals surface area contributed by atoms with Crippen LogP contribution in [0.5, 0.6) is 0 Å². The maximum atomic E-state index is 11.8. The number of rotatable bonds is 6. The van der Waals surface area contributed by atoms with Gasteiger partial charge in [0.25, 0.3) is 0 Å². The lowest BCUT2D eigenvalue weighted by Gasteiger charge is -2.54. The third-order valence-corrected chi connectivity index (χ3v) is 4.32. The molecule has 0 radical (unpaired) electrons. The molecule has 1 aromatic carbocycles. The number of carbonyl (C=O) groups excluding carboxylic acids is 1. The Hall–Kier alpha value is -1.86. The van der Waals surface area contributed by atoms with E-state index >= 15 is 0 Å². The highest BCUT2D eigenvalue weighted by Crippen LogP contribution is 2.40. The maximum Gasteiger partial charge on any atom is 0.306 e. The minimum Gasteiger partial charge on any atom is -0.466 e. The number of esters is 1. The van der Waals surface area contributed by atoms with Crippen molar-refractivity contribution >= 4 is 5.97 Å². The zero-order chi connectivity index (χ0) is 16.1. The van der Waals surface area contributed by atoms with Crippen LogP contribution in [-0.2, 0) is 16.1 Å². The molecule has 118 valence electrons. The number of hydrogen-bond acceptors (Lipinski definition) is 4. The van der Waals surface area contributed by atoms with Gasteiger partial charge < -0.3 is 4.74 Å². The van der Waals surface area contributed by atoms with Gasteiger partial charge in [0.2, 0.25) is 0 Å². The number of ether oxygens (including phenoxy) is 1. The van der Waals surface area contributed by atoms with Crippen LogP contribution in [0.2, 0.25) is 0 Å². The molecule has 2 rings (SSSR count). The normalized spacial score (nSPS) is 24.6. The second-order valence-corrected chi connectivity index (χ2v) is 6.14. The average molecular weight is 300 g/mol. The van der Waals surface area contributed by atoms with Crippen LogP contribution < -0.4 is 0 Å². The van der Waals surface area contributed by atoms with E-state index in [1.807, 2.05) is 25.1 Å². The molecule has 1 aromatic rings. The third kappa shape index (κ3) is 3.48. The Bertz CT molecular complexity index is 536. The number of carbonyl (C=O) groups is 1. The van der Waals surface area contributed by atoms with Gasteiger partial charge in [0.15, 0.2) is 0 Å². The molecule has 0 amide bonds. The molecule has 1 fully saturated rings. The highest BCUT2D eigenvalue weighted by Gasteiger charge is 2.50. The summed E-state index contributed by atoms with van der Waals surface area (Å²) in [6.45, 7) is 7.25. The van der Waals surface area contributed by atoms with Crippen molar-refractivity contribution in [3.05, 3.63) is 35.9 Å². The van der Waals surface area contributed by atoms with Gasteiger partial charge in [-0.2, -0.15) is 5.26 Å². The number of likely N-dealkylation sites (tertiary alicyclic amines) is 1. The molecule has 0 aliphatic carbocycles. The Labute approximate surface area is 132 Å². The molecule has 1 heterocycles. The topological polar surface area (TPSA) is 53.3 Å². The van der Waals surface area contributed by atoms with Crippen molar-refractivity contribution in [1.29, 1.82) is 5.26 Å². The lowest BCUT2D eigenvalue weighted by atomic mass is 9.72. The van der Waals surface area contributed by atoms with Crippen molar-refractivity contribution in [3.63, 3.8) is 0 Å². The summed E-state index contributed by atoms with van der Waals surface area (Å²) in [6, 6.07) is 12.6. The second kappa shape index (κ2) is 7.42. The number of nitrogens with zero attached hydrogens (tertiary/aromatic N) is 2. The molecule has 1 aliphatic heterocycles.